The Hall–Kier alpha value is -1.62. The highest BCUT2D eigenvalue weighted by Crippen LogP contribution is 2.31. The molecule has 1 heterocycles. The molecule has 0 aromatic carbocycles. The van der Waals surface area contributed by atoms with E-state index in [1.165, 1.54) is 0 Å². The molecule has 0 aliphatic rings. The summed E-state index contributed by atoms with van der Waals surface area (Å²) in [6, 6.07) is 0. The lowest BCUT2D eigenvalue weighted by Gasteiger charge is -2.39. The fourth-order valence-corrected chi connectivity index (χ4v) is 2.04. The molecule has 2 N–H and O–H groups in total. The van der Waals surface area contributed by atoms with Crippen molar-refractivity contribution in [2.45, 2.75) is 53.6 Å². The van der Waals surface area contributed by atoms with Crippen LogP contribution in [0.1, 0.15) is 44.5 Å². The molecule has 0 spiro atoms. The van der Waals surface area contributed by atoms with Crippen molar-refractivity contribution in [2.24, 2.45) is 5.41 Å². The van der Waals surface area contributed by atoms with Gasteiger partial charge in [0.15, 0.2) is 0 Å². The third kappa shape index (κ3) is 3.35. The van der Waals surface area contributed by atoms with Gasteiger partial charge in [0, 0.05) is 29.4 Å². The van der Waals surface area contributed by atoms with E-state index in [2.05, 4.69) is 10.3 Å². The second kappa shape index (κ2) is 6.02. The minimum Gasteiger partial charge on any atom is -0.496 e. The monoisotopic (exact) mass is 294 g/mol. The summed E-state index contributed by atoms with van der Waals surface area (Å²) in [5.41, 5.74) is 1.37. The van der Waals surface area contributed by atoms with Crippen LogP contribution in [0.15, 0.2) is 6.20 Å². The number of ether oxygens (including phenoxy) is 1. The molecule has 0 saturated carbocycles. The van der Waals surface area contributed by atoms with Gasteiger partial charge >= 0.3 is 5.97 Å². The van der Waals surface area contributed by atoms with E-state index >= 15 is 0 Å². The molecule has 1 rings (SSSR count). The van der Waals surface area contributed by atoms with E-state index < -0.39 is 16.9 Å². The molecule has 0 fully saturated rings. The van der Waals surface area contributed by atoms with E-state index in [-0.39, 0.29) is 0 Å². The van der Waals surface area contributed by atoms with Crippen molar-refractivity contribution in [3.05, 3.63) is 23.0 Å². The van der Waals surface area contributed by atoms with Gasteiger partial charge in [0.05, 0.1) is 18.2 Å². The number of carboxylic acid groups (broad SMARTS) is 1. The van der Waals surface area contributed by atoms with Crippen LogP contribution >= 0.6 is 0 Å². The summed E-state index contributed by atoms with van der Waals surface area (Å²) >= 11 is 0. The van der Waals surface area contributed by atoms with E-state index in [0.29, 0.717) is 6.54 Å². The highest BCUT2D eigenvalue weighted by Gasteiger charge is 2.43. The number of methoxy groups -OCH3 is 1. The van der Waals surface area contributed by atoms with E-state index in [1.54, 1.807) is 27.2 Å². The molecule has 0 unspecified atom stereocenters. The third-order valence-corrected chi connectivity index (χ3v) is 4.54. The summed E-state index contributed by atoms with van der Waals surface area (Å²) in [7, 11) is 1.64. The first-order chi connectivity index (χ1) is 9.54. The fourth-order valence-electron chi connectivity index (χ4n) is 2.04. The lowest BCUT2D eigenvalue weighted by molar-refractivity contribution is -0.151. The molecule has 0 aliphatic carbocycles. The van der Waals surface area contributed by atoms with E-state index in [4.69, 9.17) is 4.74 Å². The number of aromatic nitrogens is 1. The molecule has 118 valence electrons. The average Bonchev–Trinajstić information content (AvgIpc) is 2.38. The van der Waals surface area contributed by atoms with Crippen molar-refractivity contribution in [1.82, 2.24) is 10.3 Å². The maximum Gasteiger partial charge on any atom is 0.310 e. The maximum absolute atomic E-state index is 11.4. The van der Waals surface area contributed by atoms with Crippen LogP contribution in [0.25, 0.3) is 0 Å². The Morgan fingerprint density at radius 3 is 2.38 bits per heavy atom. The van der Waals surface area contributed by atoms with Crippen molar-refractivity contribution in [3.63, 3.8) is 0 Å². The van der Waals surface area contributed by atoms with Gasteiger partial charge in [0.2, 0.25) is 0 Å². The van der Waals surface area contributed by atoms with Gasteiger partial charge < -0.3 is 15.2 Å². The first kappa shape index (κ1) is 17.4. The number of nitrogens with one attached hydrogen (secondary N) is 1. The van der Waals surface area contributed by atoms with Crippen molar-refractivity contribution in [3.8, 4) is 5.75 Å². The number of aliphatic carboxylic acids is 1. The van der Waals surface area contributed by atoms with Gasteiger partial charge in [0.1, 0.15) is 5.75 Å². The van der Waals surface area contributed by atoms with Crippen LogP contribution in [0.5, 0.6) is 5.75 Å². The second-order valence-electron chi connectivity index (χ2n) is 6.45. The molecular formula is C16H26N2O3. The number of pyridine rings is 1. The fraction of sp³-hybridized carbons (Fsp3) is 0.625. The van der Waals surface area contributed by atoms with Gasteiger partial charge in [0.25, 0.3) is 0 Å². The number of carbonyl (C=O) groups is 1. The van der Waals surface area contributed by atoms with Crippen LogP contribution in [-0.4, -0.2) is 28.7 Å². The van der Waals surface area contributed by atoms with E-state index in [1.807, 2.05) is 27.7 Å². The molecule has 0 atom stereocenters. The zero-order valence-corrected chi connectivity index (χ0v) is 14.0. The molecule has 1 aromatic heterocycles. The Labute approximate surface area is 126 Å². The molecule has 0 bridgehead atoms. The predicted molar refractivity (Wildman–Crippen MR) is 82.6 cm³/mol. The normalized spacial score (nSPS) is 12.3. The minimum atomic E-state index is -0.893. The topological polar surface area (TPSA) is 71.5 Å². The van der Waals surface area contributed by atoms with Crippen LogP contribution in [0.2, 0.25) is 0 Å². The van der Waals surface area contributed by atoms with Gasteiger partial charge in [-0.15, -0.1) is 0 Å². The number of hydrogen-bond acceptors (Lipinski definition) is 4. The van der Waals surface area contributed by atoms with Crippen LogP contribution in [0.4, 0.5) is 0 Å². The predicted octanol–water partition coefficient (Wildman–Crippen LogP) is 2.69. The number of nitrogens with zero attached hydrogens (tertiary/aromatic N) is 1. The molecule has 5 nitrogen and oxygen atoms in total. The average molecular weight is 294 g/mol. The first-order valence-electron chi connectivity index (χ1n) is 7.02. The molecule has 0 saturated heterocycles. The van der Waals surface area contributed by atoms with Crippen LogP contribution in [-0.2, 0) is 11.3 Å². The highest BCUT2D eigenvalue weighted by molar-refractivity contribution is 5.75. The van der Waals surface area contributed by atoms with Crippen molar-refractivity contribution in [1.29, 1.82) is 0 Å². The third-order valence-electron chi connectivity index (χ3n) is 4.54. The molecule has 21 heavy (non-hydrogen) atoms. The van der Waals surface area contributed by atoms with Crippen molar-refractivity contribution in [2.75, 3.05) is 7.11 Å². The summed E-state index contributed by atoms with van der Waals surface area (Å²) in [5.74, 6) is 0.00303. The molecule has 0 amide bonds. The lowest BCUT2D eigenvalue weighted by atomic mass is 9.74. The molecular weight excluding hydrogens is 268 g/mol. The molecule has 1 aromatic rings. The molecule has 5 heteroatoms. The standard InChI is InChI=1S/C16H26N2O3/c1-10-8-17-12(11(2)13(10)21-7)9-18-16(5,6)15(3,4)14(19)20/h8,18H,9H2,1-7H3,(H,19,20). The van der Waals surface area contributed by atoms with Gasteiger partial charge in [-0.1, -0.05) is 0 Å². The maximum atomic E-state index is 11.4. The van der Waals surface area contributed by atoms with Gasteiger partial charge in [-0.25, -0.2) is 0 Å². The van der Waals surface area contributed by atoms with Crippen LogP contribution < -0.4 is 10.1 Å². The van der Waals surface area contributed by atoms with Gasteiger partial charge in [-0.3, -0.25) is 9.78 Å². The summed E-state index contributed by atoms with van der Waals surface area (Å²) in [5, 5.41) is 12.7. The number of aryl methyl sites for hydroxylation is 1. The highest BCUT2D eigenvalue weighted by atomic mass is 16.5. The number of rotatable bonds is 6. The Morgan fingerprint density at radius 1 is 1.33 bits per heavy atom. The smallest absolute Gasteiger partial charge is 0.310 e. The van der Waals surface area contributed by atoms with Gasteiger partial charge in [-0.2, -0.15) is 0 Å². The minimum absolute atomic E-state index is 0.492. The summed E-state index contributed by atoms with van der Waals surface area (Å²) in [6.45, 7) is 11.6. The van der Waals surface area contributed by atoms with E-state index in [0.717, 1.165) is 22.6 Å². The summed E-state index contributed by atoms with van der Waals surface area (Å²) < 4.78 is 5.39. The van der Waals surface area contributed by atoms with Crippen LogP contribution in [0.3, 0.4) is 0 Å². The number of hydrogen-bond donors (Lipinski definition) is 2. The Kier molecular flexibility index (Phi) is 4.99. The lowest BCUT2D eigenvalue weighted by Crippen LogP contribution is -2.54. The molecule has 0 aliphatic heterocycles. The summed E-state index contributed by atoms with van der Waals surface area (Å²) in [6.07, 6.45) is 1.78. The zero-order valence-electron chi connectivity index (χ0n) is 14.0. The van der Waals surface area contributed by atoms with Crippen molar-refractivity contribution >= 4 is 5.97 Å². The first-order valence-corrected chi connectivity index (χ1v) is 7.02. The van der Waals surface area contributed by atoms with E-state index in [9.17, 15) is 9.90 Å². The Balaban J connectivity index is 2.97. The Bertz CT molecular complexity index is 537. The quantitative estimate of drug-likeness (QED) is 0.844. The van der Waals surface area contributed by atoms with Crippen molar-refractivity contribution < 1.29 is 14.6 Å². The Morgan fingerprint density at radius 2 is 1.90 bits per heavy atom. The SMILES string of the molecule is COc1c(C)cnc(CNC(C)(C)C(C)(C)C(=O)O)c1C. The zero-order chi connectivity index (χ0) is 16.4. The van der Waals surface area contributed by atoms with Gasteiger partial charge in [-0.05, 0) is 41.5 Å². The summed E-state index contributed by atoms with van der Waals surface area (Å²) in [4.78, 5) is 15.8. The molecule has 0 radical (unpaired) electrons. The second-order valence-corrected chi connectivity index (χ2v) is 6.45. The number of carboxylic acids is 1. The largest absolute Gasteiger partial charge is 0.496 e. The van der Waals surface area contributed by atoms with Crippen LogP contribution in [0, 0.1) is 19.3 Å².